The Hall–Kier alpha value is -1.74. The van der Waals surface area contributed by atoms with E-state index in [2.05, 4.69) is 32.7 Å². The largest absolute Gasteiger partial charge is 0.434 e. The molecule has 0 aliphatic rings. The van der Waals surface area contributed by atoms with Gasteiger partial charge in [0.15, 0.2) is 11.7 Å². The van der Waals surface area contributed by atoms with E-state index in [1.165, 1.54) is 4.90 Å². The van der Waals surface area contributed by atoms with Gasteiger partial charge in [0, 0.05) is 42.1 Å². The fourth-order valence-electron chi connectivity index (χ4n) is 2.02. The maximum absolute atomic E-state index is 12.5. The molecule has 2 rings (SSSR count). The molecule has 0 radical (unpaired) electrons. The monoisotopic (exact) mass is 402 g/mol. The highest BCUT2D eigenvalue weighted by Crippen LogP contribution is 2.30. The lowest BCUT2D eigenvalue weighted by atomic mass is 10.4. The minimum absolute atomic E-state index is 0.381. The zero-order chi connectivity index (χ0) is 18.8. The Morgan fingerprint density at radius 2 is 2.00 bits per heavy atom. The van der Waals surface area contributed by atoms with Crippen LogP contribution >= 0.6 is 23.1 Å². The average molecular weight is 403 g/mol. The van der Waals surface area contributed by atoms with Crippen molar-refractivity contribution >= 4 is 29.1 Å². The third-order valence-electron chi connectivity index (χ3n) is 3.19. The number of alkyl halides is 3. The third-order valence-corrected chi connectivity index (χ3v) is 5.11. The van der Waals surface area contributed by atoms with Crippen molar-refractivity contribution < 1.29 is 13.2 Å². The Kier molecular flexibility index (Phi) is 8.24. The highest BCUT2D eigenvalue weighted by Gasteiger charge is 2.33. The molecule has 1 aromatic carbocycles. The molecule has 0 spiro atoms. The smallest absolute Gasteiger partial charge is 0.357 e. The van der Waals surface area contributed by atoms with E-state index in [1.54, 1.807) is 11.8 Å². The summed E-state index contributed by atoms with van der Waals surface area (Å²) in [7, 11) is 0. The number of rotatable bonds is 8. The quantitative estimate of drug-likeness (QED) is 0.303. The topological polar surface area (TPSA) is 49.3 Å². The van der Waals surface area contributed by atoms with E-state index in [-0.39, 0.29) is 0 Å². The zero-order valence-corrected chi connectivity index (χ0v) is 16.0. The SMILES string of the molecule is CCNC(=NCCc1nc(C(F)(F)F)cs1)NCCSc1ccccc1. The fourth-order valence-corrected chi connectivity index (χ4v) is 3.60. The summed E-state index contributed by atoms with van der Waals surface area (Å²) in [5.41, 5.74) is -0.829. The van der Waals surface area contributed by atoms with E-state index in [0.717, 1.165) is 29.0 Å². The average Bonchev–Trinajstić information content (AvgIpc) is 3.09. The number of hydrogen-bond donors (Lipinski definition) is 2. The van der Waals surface area contributed by atoms with Gasteiger partial charge in [-0.1, -0.05) is 18.2 Å². The van der Waals surface area contributed by atoms with Crippen LogP contribution in [0.1, 0.15) is 17.6 Å². The van der Waals surface area contributed by atoms with Gasteiger partial charge in [-0.2, -0.15) is 13.2 Å². The van der Waals surface area contributed by atoms with Gasteiger partial charge in [-0.25, -0.2) is 4.98 Å². The molecule has 0 saturated carbocycles. The Bertz CT molecular complexity index is 687. The van der Waals surface area contributed by atoms with Crippen molar-refractivity contribution in [2.75, 3.05) is 25.4 Å². The molecule has 0 aliphatic heterocycles. The molecule has 0 atom stereocenters. The lowest BCUT2D eigenvalue weighted by Crippen LogP contribution is -2.38. The summed E-state index contributed by atoms with van der Waals surface area (Å²) < 4.78 is 37.6. The first-order chi connectivity index (χ1) is 12.5. The molecule has 2 aromatic rings. The van der Waals surface area contributed by atoms with Gasteiger partial charge < -0.3 is 10.6 Å². The Balaban J connectivity index is 1.76. The minimum atomic E-state index is -4.38. The fraction of sp³-hybridized carbons (Fsp3) is 0.412. The van der Waals surface area contributed by atoms with Crippen LogP contribution in [0.2, 0.25) is 0 Å². The Labute approximate surface area is 159 Å². The number of nitrogens with zero attached hydrogens (tertiary/aromatic N) is 2. The molecule has 4 nitrogen and oxygen atoms in total. The van der Waals surface area contributed by atoms with E-state index in [1.807, 2.05) is 25.1 Å². The van der Waals surface area contributed by atoms with Crippen molar-refractivity contribution in [2.24, 2.45) is 4.99 Å². The number of thiazole rings is 1. The molecule has 9 heteroatoms. The summed E-state index contributed by atoms with van der Waals surface area (Å²) in [6.07, 6.45) is -4.00. The van der Waals surface area contributed by atoms with Crippen LogP contribution < -0.4 is 10.6 Å². The number of nitrogens with one attached hydrogen (secondary N) is 2. The van der Waals surface area contributed by atoms with Crippen molar-refractivity contribution in [1.82, 2.24) is 15.6 Å². The van der Waals surface area contributed by atoms with Crippen LogP contribution in [0.25, 0.3) is 0 Å². The highest BCUT2D eigenvalue weighted by atomic mass is 32.2. The second-order valence-corrected chi connectivity index (χ2v) is 7.33. The zero-order valence-electron chi connectivity index (χ0n) is 14.3. The van der Waals surface area contributed by atoms with Gasteiger partial charge in [-0.15, -0.1) is 23.1 Å². The van der Waals surface area contributed by atoms with Crippen LogP contribution in [0.5, 0.6) is 0 Å². The molecule has 0 unspecified atom stereocenters. The molecule has 0 amide bonds. The number of hydrogen-bond acceptors (Lipinski definition) is 4. The molecule has 1 aromatic heterocycles. The molecule has 0 bridgehead atoms. The first-order valence-electron chi connectivity index (χ1n) is 8.20. The predicted octanol–water partition coefficient (Wildman–Crippen LogP) is 4.05. The predicted molar refractivity (Wildman–Crippen MR) is 102 cm³/mol. The molecule has 0 saturated heterocycles. The molecular formula is C17H21F3N4S2. The van der Waals surface area contributed by atoms with Crippen LogP contribution in [0.3, 0.4) is 0 Å². The lowest BCUT2D eigenvalue weighted by molar-refractivity contribution is -0.140. The highest BCUT2D eigenvalue weighted by molar-refractivity contribution is 7.99. The normalized spacial score (nSPS) is 12.2. The number of guanidine groups is 1. The van der Waals surface area contributed by atoms with Crippen molar-refractivity contribution in [2.45, 2.75) is 24.4 Å². The summed E-state index contributed by atoms with van der Waals surface area (Å²) in [4.78, 5) is 9.22. The summed E-state index contributed by atoms with van der Waals surface area (Å²) >= 11 is 2.76. The van der Waals surface area contributed by atoms with Crippen LogP contribution in [-0.4, -0.2) is 36.3 Å². The van der Waals surface area contributed by atoms with Gasteiger partial charge in [0.1, 0.15) is 0 Å². The van der Waals surface area contributed by atoms with E-state index >= 15 is 0 Å². The minimum Gasteiger partial charge on any atom is -0.357 e. The van der Waals surface area contributed by atoms with Crippen molar-refractivity contribution in [3.63, 3.8) is 0 Å². The number of thioether (sulfide) groups is 1. The third kappa shape index (κ3) is 7.25. The molecule has 142 valence electrons. The number of benzene rings is 1. The van der Waals surface area contributed by atoms with Crippen molar-refractivity contribution in [1.29, 1.82) is 0 Å². The van der Waals surface area contributed by atoms with Crippen LogP contribution in [0.4, 0.5) is 13.2 Å². The standard InChI is InChI=1S/C17H21F3N4S2/c1-2-21-16(23-10-11-25-13-6-4-3-5-7-13)22-9-8-15-24-14(12-26-15)17(18,19)20/h3-7,12H,2,8-11H2,1H3,(H2,21,22,23). The second-order valence-electron chi connectivity index (χ2n) is 5.22. The first-order valence-corrected chi connectivity index (χ1v) is 10.1. The number of aromatic nitrogens is 1. The van der Waals surface area contributed by atoms with Gasteiger partial charge in [-0.3, -0.25) is 4.99 Å². The summed E-state index contributed by atoms with van der Waals surface area (Å²) in [5, 5.41) is 7.84. The summed E-state index contributed by atoms with van der Waals surface area (Å²) in [6.45, 7) is 3.80. The number of aliphatic imine (C=N–C) groups is 1. The van der Waals surface area contributed by atoms with Gasteiger partial charge >= 0.3 is 6.18 Å². The van der Waals surface area contributed by atoms with Crippen molar-refractivity contribution in [3.05, 3.63) is 46.4 Å². The maximum atomic E-state index is 12.5. The molecule has 0 aliphatic carbocycles. The Morgan fingerprint density at radius 1 is 1.23 bits per heavy atom. The molecule has 26 heavy (non-hydrogen) atoms. The van der Waals surface area contributed by atoms with E-state index in [4.69, 9.17) is 0 Å². The lowest BCUT2D eigenvalue weighted by Gasteiger charge is -2.11. The first kappa shape index (κ1) is 20.6. The molecule has 1 heterocycles. The Morgan fingerprint density at radius 3 is 2.65 bits per heavy atom. The van der Waals surface area contributed by atoms with Gasteiger partial charge in [0.25, 0.3) is 0 Å². The number of halogens is 3. The second kappa shape index (κ2) is 10.4. The summed E-state index contributed by atoms with van der Waals surface area (Å²) in [5.74, 6) is 1.55. The van der Waals surface area contributed by atoms with Crippen LogP contribution in [0.15, 0.2) is 45.6 Å². The van der Waals surface area contributed by atoms with Gasteiger partial charge in [0.05, 0.1) is 5.01 Å². The molecular weight excluding hydrogens is 381 g/mol. The summed E-state index contributed by atoms with van der Waals surface area (Å²) in [6, 6.07) is 10.1. The van der Waals surface area contributed by atoms with Gasteiger partial charge in [0.2, 0.25) is 0 Å². The van der Waals surface area contributed by atoms with E-state index < -0.39 is 11.9 Å². The van der Waals surface area contributed by atoms with E-state index in [0.29, 0.717) is 30.5 Å². The molecule has 0 fully saturated rings. The maximum Gasteiger partial charge on any atom is 0.434 e. The van der Waals surface area contributed by atoms with Gasteiger partial charge in [-0.05, 0) is 19.1 Å². The van der Waals surface area contributed by atoms with Crippen LogP contribution in [0, 0.1) is 0 Å². The molecule has 2 N–H and O–H groups in total. The van der Waals surface area contributed by atoms with E-state index in [9.17, 15) is 13.2 Å². The van der Waals surface area contributed by atoms with Crippen molar-refractivity contribution in [3.8, 4) is 0 Å². The van der Waals surface area contributed by atoms with Crippen LogP contribution in [-0.2, 0) is 12.6 Å².